The molecule has 21 heavy (non-hydrogen) atoms. The van der Waals surface area contributed by atoms with Gasteiger partial charge in [0.25, 0.3) is 0 Å². The molecule has 0 saturated carbocycles. The van der Waals surface area contributed by atoms with Gasteiger partial charge in [-0.1, -0.05) is 6.42 Å². The van der Waals surface area contributed by atoms with Crippen molar-refractivity contribution in [1.82, 2.24) is 15.1 Å². The van der Waals surface area contributed by atoms with Gasteiger partial charge in [-0.15, -0.1) is 0 Å². The van der Waals surface area contributed by atoms with Gasteiger partial charge < -0.3 is 10.2 Å². The monoisotopic (exact) mass is 293 g/mol. The molecule has 0 radical (unpaired) electrons. The molecule has 3 aliphatic rings. The summed E-state index contributed by atoms with van der Waals surface area (Å²) in [6.07, 6.45) is 11.3. The number of likely N-dealkylation sites (tertiary alicyclic amines) is 2. The van der Waals surface area contributed by atoms with E-state index in [4.69, 9.17) is 0 Å². The number of hydrogen-bond acceptors (Lipinski definition) is 3. The molecule has 3 rings (SSSR count). The van der Waals surface area contributed by atoms with Crippen molar-refractivity contribution in [2.45, 2.75) is 89.4 Å². The molecule has 0 amide bonds. The van der Waals surface area contributed by atoms with Crippen molar-refractivity contribution in [1.29, 1.82) is 0 Å². The minimum absolute atomic E-state index is 0.720. The zero-order valence-electron chi connectivity index (χ0n) is 14.2. The maximum absolute atomic E-state index is 3.79. The van der Waals surface area contributed by atoms with E-state index in [0.29, 0.717) is 0 Å². The molecule has 0 aromatic heterocycles. The predicted octanol–water partition coefficient (Wildman–Crippen LogP) is 2.86. The second-order valence-corrected chi connectivity index (χ2v) is 7.72. The van der Waals surface area contributed by atoms with E-state index in [1.54, 1.807) is 0 Å². The Labute approximate surface area is 131 Å². The zero-order chi connectivity index (χ0) is 14.7. The normalized spacial score (nSPS) is 37.0. The summed E-state index contributed by atoms with van der Waals surface area (Å²) in [7, 11) is 0. The van der Waals surface area contributed by atoms with Crippen LogP contribution in [0.25, 0.3) is 0 Å². The average Bonchev–Trinajstić information content (AvgIpc) is 2.91. The van der Waals surface area contributed by atoms with Crippen molar-refractivity contribution in [2.75, 3.05) is 26.2 Å². The van der Waals surface area contributed by atoms with Crippen LogP contribution < -0.4 is 5.32 Å². The van der Waals surface area contributed by atoms with E-state index < -0.39 is 0 Å². The van der Waals surface area contributed by atoms with Crippen LogP contribution in [0.15, 0.2) is 0 Å². The molecule has 0 spiro atoms. The number of hydrogen-bond donors (Lipinski definition) is 1. The Morgan fingerprint density at radius 3 is 2.52 bits per heavy atom. The third-order valence-electron chi connectivity index (χ3n) is 6.09. The maximum atomic E-state index is 3.79. The van der Waals surface area contributed by atoms with Gasteiger partial charge in [0, 0.05) is 24.2 Å². The fourth-order valence-corrected chi connectivity index (χ4v) is 4.85. The van der Waals surface area contributed by atoms with Crippen molar-refractivity contribution in [3.63, 3.8) is 0 Å². The molecular weight excluding hydrogens is 258 g/mol. The van der Waals surface area contributed by atoms with Gasteiger partial charge in [0.05, 0.1) is 0 Å². The van der Waals surface area contributed by atoms with Crippen LogP contribution in [-0.4, -0.2) is 60.1 Å². The molecule has 0 aromatic rings. The summed E-state index contributed by atoms with van der Waals surface area (Å²) >= 11 is 0. The topological polar surface area (TPSA) is 18.5 Å². The first-order valence-electron chi connectivity index (χ1n) is 9.49. The first-order valence-corrected chi connectivity index (χ1v) is 9.49. The van der Waals surface area contributed by atoms with E-state index in [-0.39, 0.29) is 0 Å². The molecule has 3 atom stereocenters. The number of rotatable bonds is 3. The molecule has 0 bridgehead atoms. The first kappa shape index (κ1) is 15.8. The van der Waals surface area contributed by atoms with Crippen LogP contribution in [0.2, 0.25) is 0 Å². The number of nitrogens with one attached hydrogen (secondary N) is 1. The van der Waals surface area contributed by atoms with Crippen LogP contribution in [0.4, 0.5) is 0 Å². The van der Waals surface area contributed by atoms with Crippen molar-refractivity contribution < 1.29 is 0 Å². The molecule has 3 fully saturated rings. The third kappa shape index (κ3) is 3.80. The largest absolute Gasteiger partial charge is 0.312 e. The third-order valence-corrected chi connectivity index (χ3v) is 6.09. The highest BCUT2D eigenvalue weighted by Crippen LogP contribution is 2.29. The lowest BCUT2D eigenvalue weighted by Gasteiger charge is -2.44. The zero-order valence-corrected chi connectivity index (χ0v) is 14.2. The summed E-state index contributed by atoms with van der Waals surface area (Å²) in [5.41, 5.74) is 0. The van der Waals surface area contributed by atoms with E-state index in [9.17, 15) is 0 Å². The molecule has 3 unspecified atom stereocenters. The van der Waals surface area contributed by atoms with Crippen molar-refractivity contribution in [3.05, 3.63) is 0 Å². The summed E-state index contributed by atoms with van der Waals surface area (Å²) in [6, 6.07) is 3.19. The van der Waals surface area contributed by atoms with Crippen LogP contribution in [0.3, 0.4) is 0 Å². The maximum Gasteiger partial charge on any atom is 0.0252 e. The molecule has 3 saturated heterocycles. The average molecular weight is 293 g/mol. The first-order chi connectivity index (χ1) is 10.3. The Morgan fingerprint density at radius 2 is 1.76 bits per heavy atom. The second-order valence-electron chi connectivity index (χ2n) is 7.72. The highest BCUT2D eigenvalue weighted by atomic mass is 15.2. The highest BCUT2D eigenvalue weighted by molar-refractivity contribution is 4.94. The van der Waals surface area contributed by atoms with E-state index >= 15 is 0 Å². The molecule has 0 aromatic carbocycles. The van der Waals surface area contributed by atoms with E-state index in [0.717, 1.165) is 24.2 Å². The molecule has 1 N–H and O–H groups in total. The van der Waals surface area contributed by atoms with Gasteiger partial charge in [-0.3, -0.25) is 4.90 Å². The number of piperidine rings is 1. The number of nitrogens with zero attached hydrogens (tertiary/aromatic N) is 2. The molecule has 0 aliphatic carbocycles. The summed E-state index contributed by atoms with van der Waals surface area (Å²) < 4.78 is 0. The standard InChI is InChI=1S/C18H35N3/c1-15(2)20-12-6-7-16(10-14-20)21-13-4-3-9-18(21)17-8-5-11-19-17/h15-19H,3-14H2,1-2H3. The molecule has 3 nitrogen and oxygen atoms in total. The highest BCUT2D eigenvalue weighted by Gasteiger charge is 2.35. The van der Waals surface area contributed by atoms with Crippen molar-refractivity contribution >= 4 is 0 Å². The fourth-order valence-electron chi connectivity index (χ4n) is 4.85. The lowest BCUT2D eigenvalue weighted by atomic mass is 9.91. The van der Waals surface area contributed by atoms with Crippen LogP contribution >= 0.6 is 0 Å². The SMILES string of the molecule is CC(C)N1CCCC(N2CCCCC2C2CCCN2)CC1. The molecular formula is C18H35N3. The molecule has 3 heterocycles. The Morgan fingerprint density at radius 1 is 0.857 bits per heavy atom. The van der Waals surface area contributed by atoms with Gasteiger partial charge in [-0.2, -0.15) is 0 Å². The van der Waals surface area contributed by atoms with Gasteiger partial charge in [0.2, 0.25) is 0 Å². The quantitative estimate of drug-likeness (QED) is 0.863. The Bertz CT molecular complexity index is 312. The van der Waals surface area contributed by atoms with E-state index in [1.807, 2.05) is 0 Å². The van der Waals surface area contributed by atoms with Crippen LogP contribution in [0, 0.1) is 0 Å². The predicted molar refractivity (Wildman–Crippen MR) is 89.7 cm³/mol. The summed E-state index contributed by atoms with van der Waals surface area (Å²) in [5.74, 6) is 0. The lowest BCUT2D eigenvalue weighted by molar-refractivity contribution is 0.0647. The molecule has 3 aliphatic heterocycles. The smallest absolute Gasteiger partial charge is 0.0252 e. The van der Waals surface area contributed by atoms with E-state index in [2.05, 4.69) is 29.0 Å². The van der Waals surface area contributed by atoms with Gasteiger partial charge in [0.15, 0.2) is 0 Å². The van der Waals surface area contributed by atoms with Gasteiger partial charge in [-0.05, 0) is 85.0 Å². The minimum Gasteiger partial charge on any atom is -0.312 e. The summed E-state index contributed by atoms with van der Waals surface area (Å²) in [5, 5.41) is 3.79. The van der Waals surface area contributed by atoms with Gasteiger partial charge in [0.1, 0.15) is 0 Å². The second kappa shape index (κ2) is 7.43. The molecule has 122 valence electrons. The molecule has 3 heteroatoms. The lowest BCUT2D eigenvalue weighted by Crippen LogP contribution is -2.54. The van der Waals surface area contributed by atoms with Crippen LogP contribution in [-0.2, 0) is 0 Å². The van der Waals surface area contributed by atoms with Crippen LogP contribution in [0.5, 0.6) is 0 Å². The van der Waals surface area contributed by atoms with Gasteiger partial charge >= 0.3 is 0 Å². The Hall–Kier alpha value is -0.120. The minimum atomic E-state index is 0.720. The van der Waals surface area contributed by atoms with E-state index in [1.165, 1.54) is 77.5 Å². The summed E-state index contributed by atoms with van der Waals surface area (Å²) in [6.45, 7) is 9.94. The van der Waals surface area contributed by atoms with Crippen molar-refractivity contribution in [2.24, 2.45) is 0 Å². The van der Waals surface area contributed by atoms with Gasteiger partial charge in [-0.25, -0.2) is 0 Å². The Kier molecular flexibility index (Phi) is 5.58. The summed E-state index contributed by atoms with van der Waals surface area (Å²) in [4.78, 5) is 5.61. The van der Waals surface area contributed by atoms with Crippen LogP contribution in [0.1, 0.15) is 65.2 Å². The van der Waals surface area contributed by atoms with Crippen molar-refractivity contribution in [3.8, 4) is 0 Å². The Balaban J connectivity index is 1.62. The fraction of sp³-hybridized carbons (Fsp3) is 1.00.